The van der Waals surface area contributed by atoms with Crippen LogP contribution in [0.4, 0.5) is 11.5 Å². The van der Waals surface area contributed by atoms with E-state index in [9.17, 15) is 4.79 Å². The molecule has 6 heteroatoms. The van der Waals surface area contributed by atoms with Crippen molar-refractivity contribution in [1.29, 1.82) is 0 Å². The molecule has 1 amide bonds. The van der Waals surface area contributed by atoms with Crippen LogP contribution in [0.15, 0.2) is 12.1 Å². The van der Waals surface area contributed by atoms with E-state index in [2.05, 4.69) is 15.6 Å². The molecule has 21 heavy (non-hydrogen) atoms. The number of carbonyl (C=O) groups excluding carboxylic acids is 1. The number of nitrogens with two attached hydrogens (primary N) is 1. The highest BCUT2D eigenvalue weighted by atomic mass is 16.5. The van der Waals surface area contributed by atoms with E-state index in [0.29, 0.717) is 18.8 Å². The van der Waals surface area contributed by atoms with Crippen LogP contribution >= 0.6 is 0 Å². The summed E-state index contributed by atoms with van der Waals surface area (Å²) in [5.41, 5.74) is 7.27. The molecule has 2 rings (SSSR count). The predicted molar refractivity (Wildman–Crippen MR) is 83.1 cm³/mol. The lowest BCUT2D eigenvalue weighted by atomic mass is 10.2. The number of amides is 1. The Labute approximate surface area is 125 Å². The molecule has 1 aromatic heterocycles. The second-order valence-electron chi connectivity index (χ2n) is 5.30. The molecule has 1 aliphatic rings. The number of hydrogen-bond acceptors (Lipinski definition) is 5. The molecule has 6 nitrogen and oxygen atoms in total. The van der Waals surface area contributed by atoms with Crippen molar-refractivity contribution >= 4 is 17.4 Å². The van der Waals surface area contributed by atoms with E-state index in [-0.39, 0.29) is 12.0 Å². The number of hydrogen-bond donors (Lipinski definition) is 3. The van der Waals surface area contributed by atoms with Gasteiger partial charge < -0.3 is 21.1 Å². The minimum Gasteiger partial charge on any atom is -0.397 e. The van der Waals surface area contributed by atoms with Gasteiger partial charge in [-0.25, -0.2) is 4.98 Å². The van der Waals surface area contributed by atoms with Crippen LogP contribution in [0.3, 0.4) is 0 Å². The molecule has 0 spiro atoms. The Balaban J connectivity index is 1.55. The molecule has 0 bridgehead atoms. The highest BCUT2D eigenvalue weighted by molar-refractivity contribution is 5.80. The Hall–Kier alpha value is -1.82. The lowest BCUT2D eigenvalue weighted by Gasteiger charge is -2.10. The lowest BCUT2D eigenvalue weighted by molar-refractivity contribution is -0.130. The van der Waals surface area contributed by atoms with Gasteiger partial charge in [0.1, 0.15) is 11.9 Å². The van der Waals surface area contributed by atoms with Crippen molar-refractivity contribution in [2.24, 2.45) is 0 Å². The van der Waals surface area contributed by atoms with E-state index in [1.807, 2.05) is 19.1 Å². The highest BCUT2D eigenvalue weighted by Gasteiger charge is 2.22. The summed E-state index contributed by atoms with van der Waals surface area (Å²) in [6.07, 6.45) is 3.49. The molecule has 0 radical (unpaired) electrons. The Morgan fingerprint density at radius 3 is 2.95 bits per heavy atom. The van der Waals surface area contributed by atoms with Crippen molar-refractivity contribution in [3.63, 3.8) is 0 Å². The zero-order valence-electron chi connectivity index (χ0n) is 12.5. The number of anilines is 2. The molecule has 1 aliphatic heterocycles. The normalized spacial score (nSPS) is 17.7. The largest absolute Gasteiger partial charge is 0.397 e. The van der Waals surface area contributed by atoms with E-state index in [1.165, 1.54) is 0 Å². The smallest absolute Gasteiger partial charge is 0.249 e. The first kappa shape index (κ1) is 15.6. The quantitative estimate of drug-likeness (QED) is 0.662. The van der Waals surface area contributed by atoms with Crippen LogP contribution in [0, 0.1) is 6.92 Å². The van der Waals surface area contributed by atoms with E-state index in [1.54, 1.807) is 0 Å². The third kappa shape index (κ3) is 4.90. The van der Waals surface area contributed by atoms with Crippen LogP contribution in [0.2, 0.25) is 0 Å². The third-order valence-electron chi connectivity index (χ3n) is 3.56. The average Bonchev–Trinajstić information content (AvgIpc) is 3.00. The number of ether oxygens (including phenoxy) is 1. The van der Waals surface area contributed by atoms with Gasteiger partial charge in [-0.15, -0.1) is 0 Å². The van der Waals surface area contributed by atoms with Gasteiger partial charge >= 0.3 is 0 Å². The van der Waals surface area contributed by atoms with Crippen LogP contribution in [0.1, 0.15) is 31.4 Å². The Bertz CT molecular complexity index is 473. The van der Waals surface area contributed by atoms with Crippen LogP contribution < -0.4 is 16.4 Å². The van der Waals surface area contributed by atoms with Gasteiger partial charge in [0, 0.05) is 19.7 Å². The van der Waals surface area contributed by atoms with E-state index >= 15 is 0 Å². The summed E-state index contributed by atoms with van der Waals surface area (Å²) >= 11 is 0. The SMILES string of the molecule is Cc1nc(NCCCCNC(=O)C2CCCO2)ccc1N. The number of nitrogens with zero attached hydrogens (tertiary/aromatic N) is 1. The lowest BCUT2D eigenvalue weighted by Crippen LogP contribution is -2.34. The maximum atomic E-state index is 11.7. The second kappa shape index (κ2) is 7.83. The van der Waals surface area contributed by atoms with Crippen LogP contribution in [0.25, 0.3) is 0 Å². The number of pyridine rings is 1. The predicted octanol–water partition coefficient (Wildman–Crippen LogP) is 1.46. The van der Waals surface area contributed by atoms with E-state index in [4.69, 9.17) is 10.5 Å². The van der Waals surface area contributed by atoms with Crippen molar-refractivity contribution in [1.82, 2.24) is 10.3 Å². The van der Waals surface area contributed by atoms with Gasteiger partial charge in [0.25, 0.3) is 0 Å². The summed E-state index contributed by atoms with van der Waals surface area (Å²) in [4.78, 5) is 16.0. The van der Waals surface area contributed by atoms with E-state index < -0.39 is 0 Å². The van der Waals surface area contributed by atoms with Crippen molar-refractivity contribution in [3.05, 3.63) is 17.8 Å². The molecule has 116 valence electrons. The summed E-state index contributed by atoms with van der Waals surface area (Å²) in [5, 5.41) is 6.17. The molecule has 1 fully saturated rings. The minimum absolute atomic E-state index is 0.0243. The van der Waals surface area contributed by atoms with Crippen LogP contribution in [-0.2, 0) is 9.53 Å². The maximum Gasteiger partial charge on any atom is 0.249 e. The molecule has 1 aromatic rings. The van der Waals surface area contributed by atoms with Crippen LogP contribution in [-0.4, -0.2) is 36.7 Å². The molecule has 2 heterocycles. The van der Waals surface area contributed by atoms with Gasteiger partial charge in [0.15, 0.2) is 0 Å². The summed E-state index contributed by atoms with van der Waals surface area (Å²) in [6.45, 7) is 4.11. The molecule has 1 unspecified atom stereocenters. The third-order valence-corrected chi connectivity index (χ3v) is 3.56. The first-order chi connectivity index (χ1) is 10.2. The van der Waals surface area contributed by atoms with Gasteiger partial charge in [-0.1, -0.05) is 0 Å². The van der Waals surface area contributed by atoms with Crippen LogP contribution in [0.5, 0.6) is 0 Å². The maximum absolute atomic E-state index is 11.7. The number of rotatable bonds is 7. The van der Waals surface area contributed by atoms with Crippen molar-refractivity contribution in [2.75, 3.05) is 30.7 Å². The second-order valence-corrected chi connectivity index (χ2v) is 5.30. The first-order valence-electron chi connectivity index (χ1n) is 7.53. The first-order valence-corrected chi connectivity index (χ1v) is 7.53. The fraction of sp³-hybridized carbons (Fsp3) is 0.600. The number of unbranched alkanes of at least 4 members (excludes halogenated alkanes) is 1. The Kier molecular flexibility index (Phi) is 5.80. The number of carbonyl (C=O) groups is 1. The number of aromatic nitrogens is 1. The topological polar surface area (TPSA) is 89.3 Å². The minimum atomic E-state index is -0.231. The molecular formula is C15H24N4O2. The van der Waals surface area contributed by atoms with Crippen molar-refractivity contribution in [3.8, 4) is 0 Å². The van der Waals surface area contributed by atoms with Gasteiger partial charge in [-0.3, -0.25) is 4.79 Å². The molecule has 1 saturated heterocycles. The molecule has 0 aromatic carbocycles. The van der Waals surface area contributed by atoms with Gasteiger partial charge in [0.2, 0.25) is 5.91 Å². The molecular weight excluding hydrogens is 268 g/mol. The zero-order chi connectivity index (χ0) is 15.1. The summed E-state index contributed by atoms with van der Waals surface area (Å²) in [6, 6.07) is 3.73. The fourth-order valence-electron chi connectivity index (χ4n) is 2.25. The van der Waals surface area contributed by atoms with Gasteiger partial charge in [-0.05, 0) is 44.7 Å². The van der Waals surface area contributed by atoms with E-state index in [0.717, 1.165) is 43.7 Å². The molecule has 4 N–H and O–H groups in total. The average molecular weight is 292 g/mol. The summed E-state index contributed by atoms with van der Waals surface area (Å²) < 4.78 is 5.33. The summed E-state index contributed by atoms with van der Waals surface area (Å²) in [7, 11) is 0. The van der Waals surface area contributed by atoms with Gasteiger partial charge in [-0.2, -0.15) is 0 Å². The van der Waals surface area contributed by atoms with Gasteiger partial charge in [0.05, 0.1) is 11.4 Å². The highest BCUT2D eigenvalue weighted by Crippen LogP contribution is 2.12. The number of aryl methyl sites for hydroxylation is 1. The van der Waals surface area contributed by atoms with Crippen molar-refractivity contribution in [2.45, 2.75) is 38.7 Å². The number of nitrogen functional groups attached to an aromatic ring is 1. The molecule has 1 atom stereocenters. The number of nitrogens with one attached hydrogen (secondary N) is 2. The Morgan fingerprint density at radius 1 is 1.43 bits per heavy atom. The zero-order valence-corrected chi connectivity index (χ0v) is 12.5. The van der Waals surface area contributed by atoms with Crippen molar-refractivity contribution < 1.29 is 9.53 Å². The fourth-order valence-corrected chi connectivity index (χ4v) is 2.25. The summed E-state index contributed by atoms with van der Waals surface area (Å²) in [5.74, 6) is 0.862. The monoisotopic (exact) mass is 292 g/mol. The Morgan fingerprint density at radius 2 is 2.24 bits per heavy atom. The molecule has 0 saturated carbocycles. The molecule has 0 aliphatic carbocycles. The standard InChI is InChI=1S/C15H24N4O2/c1-11-12(16)6-7-14(19-11)17-8-2-3-9-18-15(20)13-5-4-10-21-13/h6-7,13H,2-5,8-10,16H2,1H3,(H,17,19)(H,18,20).